The number of nitrogens with two attached hydrogens (primary N) is 1. The lowest BCUT2D eigenvalue weighted by Crippen LogP contribution is -2.24. The van der Waals surface area contributed by atoms with Gasteiger partial charge in [0.25, 0.3) is 0 Å². The van der Waals surface area contributed by atoms with Gasteiger partial charge in [0.15, 0.2) is 0 Å². The third kappa shape index (κ3) is 5.29. The largest absolute Gasteiger partial charge is 0.377 e. The van der Waals surface area contributed by atoms with Crippen LogP contribution in [0.4, 0.5) is 0 Å². The predicted octanol–water partition coefficient (Wildman–Crippen LogP) is 1.64. The molecule has 0 aliphatic rings. The van der Waals surface area contributed by atoms with Crippen LogP contribution in [-0.2, 0) is 11.3 Å². The van der Waals surface area contributed by atoms with E-state index in [1.54, 1.807) is 6.07 Å². The van der Waals surface area contributed by atoms with E-state index in [4.69, 9.17) is 10.5 Å². The standard InChI is InChI=1S/C14H22N2O2/c1-11(2)18-8-7-16(3)10-12-5-4-6-13(9-12)14(15)17/h4-6,9,11H,7-8,10H2,1-3H3,(H2,15,17). The Labute approximate surface area is 109 Å². The summed E-state index contributed by atoms with van der Waals surface area (Å²) in [5, 5.41) is 0. The Bertz CT molecular complexity index is 391. The Morgan fingerprint density at radius 3 is 2.78 bits per heavy atom. The lowest BCUT2D eigenvalue weighted by molar-refractivity contribution is 0.0627. The van der Waals surface area contributed by atoms with Gasteiger partial charge in [-0.3, -0.25) is 9.69 Å². The number of rotatable bonds is 7. The van der Waals surface area contributed by atoms with E-state index >= 15 is 0 Å². The van der Waals surface area contributed by atoms with Crippen LogP contribution in [0.5, 0.6) is 0 Å². The average Bonchev–Trinajstić information content (AvgIpc) is 2.28. The van der Waals surface area contributed by atoms with Gasteiger partial charge in [-0.2, -0.15) is 0 Å². The summed E-state index contributed by atoms with van der Waals surface area (Å²) in [6.07, 6.45) is 0.261. The summed E-state index contributed by atoms with van der Waals surface area (Å²) >= 11 is 0. The number of ether oxygens (including phenoxy) is 1. The van der Waals surface area contributed by atoms with Gasteiger partial charge in [0.2, 0.25) is 5.91 Å². The number of amides is 1. The van der Waals surface area contributed by atoms with Crippen LogP contribution in [-0.4, -0.2) is 37.1 Å². The molecule has 0 saturated heterocycles. The van der Waals surface area contributed by atoms with E-state index in [0.717, 1.165) is 18.7 Å². The van der Waals surface area contributed by atoms with E-state index in [1.807, 2.05) is 39.1 Å². The SMILES string of the molecule is CC(C)OCCN(C)Cc1cccc(C(N)=O)c1. The van der Waals surface area contributed by atoms with Gasteiger partial charge in [0.05, 0.1) is 12.7 Å². The first-order valence-corrected chi connectivity index (χ1v) is 6.18. The van der Waals surface area contributed by atoms with Gasteiger partial charge in [-0.05, 0) is 38.6 Å². The normalized spacial score (nSPS) is 11.2. The summed E-state index contributed by atoms with van der Waals surface area (Å²) in [6, 6.07) is 7.41. The van der Waals surface area contributed by atoms with E-state index in [1.165, 1.54) is 0 Å². The molecule has 0 radical (unpaired) electrons. The molecule has 0 saturated carbocycles. The van der Waals surface area contributed by atoms with Gasteiger partial charge in [-0.25, -0.2) is 0 Å². The number of likely N-dealkylation sites (N-methyl/N-ethyl adjacent to an activating group) is 1. The summed E-state index contributed by atoms with van der Waals surface area (Å²) in [4.78, 5) is 13.2. The number of carbonyl (C=O) groups excluding carboxylic acids is 1. The van der Waals surface area contributed by atoms with Crippen LogP contribution in [0.1, 0.15) is 29.8 Å². The number of nitrogens with zero attached hydrogens (tertiary/aromatic N) is 1. The zero-order valence-corrected chi connectivity index (χ0v) is 11.3. The van der Waals surface area contributed by atoms with E-state index in [9.17, 15) is 4.79 Å². The van der Waals surface area contributed by atoms with Crippen LogP contribution in [0.2, 0.25) is 0 Å². The van der Waals surface area contributed by atoms with Crippen LogP contribution in [0.25, 0.3) is 0 Å². The van der Waals surface area contributed by atoms with Crippen LogP contribution >= 0.6 is 0 Å². The van der Waals surface area contributed by atoms with Gasteiger partial charge in [0, 0.05) is 18.7 Å². The molecule has 4 nitrogen and oxygen atoms in total. The Kier molecular flexibility index (Phi) is 5.82. The summed E-state index contributed by atoms with van der Waals surface area (Å²) < 4.78 is 5.50. The van der Waals surface area contributed by atoms with Crippen molar-refractivity contribution >= 4 is 5.91 Å². The molecule has 1 aromatic rings. The van der Waals surface area contributed by atoms with Gasteiger partial charge in [-0.15, -0.1) is 0 Å². The quantitative estimate of drug-likeness (QED) is 0.800. The van der Waals surface area contributed by atoms with Crippen molar-refractivity contribution in [2.24, 2.45) is 5.73 Å². The Morgan fingerprint density at radius 1 is 1.44 bits per heavy atom. The first-order chi connectivity index (χ1) is 8.49. The molecule has 0 aromatic heterocycles. The van der Waals surface area contributed by atoms with Gasteiger partial charge in [0.1, 0.15) is 0 Å². The molecule has 0 unspecified atom stereocenters. The monoisotopic (exact) mass is 250 g/mol. The summed E-state index contributed by atoms with van der Waals surface area (Å²) in [5.41, 5.74) is 6.89. The highest BCUT2D eigenvalue weighted by Gasteiger charge is 2.04. The third-order valence-electron chi connectivity index (χ3n) is 2.59. The number of benzene rings is 1. The van der Waals surface area contributed by atoms with E-state index < -0.39 is 0 Å². The molecule has 1 aromatic carbocycles. The molecule has 0 spiro atoms. The van der Waals surface area contributed by atoms with Crippen LogP contribution in [0, 0.1) is 0 Å². The second-order valence-corrected chi connectivity index (χ2v) is 4.72. The highest BCUT2D eigenvalue weighted by molar-refractivity contribution is 5.92. The third-order valence-corrected chi connectivity index (χ3v) is 2.59. The smallest absolute Gasteiger partial charge is 0.248 e. The fourth-order valence-corrected chi connectivity index (χ4v) is 1.66. The average molecular weight is 250 g/mol. The Morgan fingerprint density at radius 2 is 2.17 bits per heavy atom. The molecule has 18 heavy (non-hydrogen) atoms. The van der Waals surface area contributed by atoms with Crippen molar-refractivity contribution in [3.8, 4) is 0 Å². The Hall–Kier alpha value is -1.39. The number of hydrogen-bond donors (Lipinski definition) is 1. The molecular weight excluding hydrogens is 228 g/mol. The maximum absolute atomic E-state index is 11.1. The second-order valence-electron chi connectivity index (χ2n) is 4.72. The molecule has 0 aliphatic heterocycles. The molecule has 2 N–H and O–H groups in total. The van der Waals surface area contributed by atoms with Crippen molar-refractivity contribution in [1.82, 2.24) is 4.90 Å². The minimum atomic E-state index is -0.386. The van der Waals surface area contributed by atoms with Gasteiger partial charge < -0.3 is 10.5 Å². The number of primary amides is 1. The Balaban J connectivity index is 2.46. The van der Waals surface area contributed by atoms with Crippen molar-refractivity contribution in [2.45, 2.75) is 26.5 Å². The fourth-order valence-electron chi connectivity index (χ4n) is 1.66. The van der Waals surface area contributed by atoms with Crippen LogP contribution in [0.3, 0.4) is 0 Å². The van der Waals surface area contributed by atoms with Gasteiger partial charge in [-0.1, -0.05) is 12.1 Å². The van der Waals surface area contributed by atoms with Crippen molar-refractivity contribution in [1.29, 1.82) is 0 Å². The highest BCUT2D eigenvalue weighted by Crippen LogP contribution is 2.07. The first-order valence-electron chi connectivity index (χ1n) is 6.18. The van der Waals surface area contributed by atoms with E-state index in [-0.39, 0.29) is 12.0 Å². The maximum Gasteiger partial charge on any atom is 0.248 e. The summed E-state index contributed by atoms with van der Waals surface area (Å²) in [7, 11) is 2.03. The molecule has 1 amide bonds. The van der Waals surface area contributed by atoms with Crippen molar-refractivity contribution in [3.05, 3.63) is 35.4 Å². The molecule has 0 atom stereocenters. The zero-order chi connectivity index (χ0) is 13.5. The molecule has 0 aliphatic carbocycles. The van der Waals surface area contributed by atoms with E-state index in [0.29, 0.717) is 12.2 Å². The number of carbonyl (C=O) groups is 1. The lowest BCUT2D eigenvalue weighted by Gasteiger charge is -2.18. The molecule has 4 heteroatoms. The maximum atomic E-state index is 11.1. The van der Waals surface area contributed by atoms with Gasteiger partial charge >= 0.3 is 0 Å². The highest BCUT2D eigenvalue weighted by atomic mass is 16.5. The minimum Gasteiger partial charge on any atom is -0.377 e. The van der Waals surface area contributed by atoms with Crippen LogP contribution in [0.15, 0.2) is 24.3 Å². The first kappa shape index (κ1) is 14.7. The topological polar surface area (TPSA) is 55.6 Å². The second kappa shape index (κ2) is 7.13. The molecule has 0 bridgehead atoms. The summed E-state index contributed by atoms with van der Waals surface area (Å²) in [6.45, 7) is 6.40. The van der Waals surface area contributed by atoms with Crippen LogP contribution < -0.4 is 5.73 Å². The van der Waals surface area contributed by atoms with Crippen molar-refractivity contribution < 1.29 is 9.53 Å². The molecule has 0 fully saturated rings. The van der Waals surface area contributed by atoms with Crippen molar-refractivity contribution in [3.63, 3.8) is 0 Å². The molecular formula is C14H22N2O2. The zero-order valence-electron chi connectivity index (χ0n) is 11.3. The number of hydrogen-bond acceptors (Lipinski definition) is 3. The molecule has 1 rings (SSSR count). The molecule has 100 valence electrons. The predicted molar refractivity (Wildman–Crippen MR) is 72.4 cm³/mol. The summed E-state index contributed by atoms with van der Waals surface area (Å²) in [5.74, 6) is -0.386. The molecule has 0 heterocycles. The fraction of sp³-hybridized carbons (Fsp3) is 0.500. The van der Waals surface area contributed by atoms with Crippen molar-refractivity contribution in [2.75, 3.05) is 20.2 Å². The van der Waals surface area contributed by atoms with E-state index in [2.05, 4.69) is 4.90 Å². The minimum absolute atomic E-state index is 0.261. The lowest BCUT2D eigenvalue weighted by atomic mass is 10.1.